The number of fused-ring (bicyclic) bond motifs is 1. The molecule has 13 heteroatoms. The molecule has 3 heterocycles. The number of carboxylic acid groups (broad SMARTS) is 1. The monoisotopic (exact) mass is 611 g/mol. The van der Waals surface area contributed by atoms with Gasteiger partial charge in [0.1, 0.15) is 17.1 Å². The lowest BCUT2D eigenvalue weighted by Gasteiger charge is -2.31. The van der Waals surface area contributed by atoms with Gasteiger partial charge in [0, 0.05) is 17.3 Å². The Morgan fingerprint density at radius 1 is 0.932 bits per heavy atom. The molecule has 2 aliphatic heterocycles. The number of imidazole rings is 1. The maximum Gasteiger partial charge on any atom is 0.417 e. The highest BCUT2D eigenvalue weighted by atomic mass is 19.4. The number of benzene rings is 2. The van der Waals surface area contributed by atoms with E-state index in [1.165, 1.54) is 59.7 Å². The van der Waals surface area contributed by atoms with Crippen molar-refractivity contribution in [2.75, 3.05) is 6.61 Å². The van der Waals surface area contributed by atoms with Crippen LogP contribution in [0.2, 0.25) is 0 Å². The summed E-state index contributed by atoms with van der Waals surface area (Å²) in [5, 5.41) is 14.8. The van der Waals surface area contributed by atoms with Crippen molar-refractivity contribution in [3.8, 4) is 39.8 Å². The number of hydrogen-bond donors (Lipinski definition) is 1. The first-order chi connectivity index (χ1) is 21.0. The third-order valence-corrected chi connectivity index (χ3v) is 7.10. The molecule has 0 saturated heterocycles. The standard InChI is InChI=1S/C31H26F5N5O3/c1-3-12-30(29(42)43,41-17-26-25(16-38-41)39-28(40-26)21-6-5-7-23(32)27(21)33)18-8-11-24(37-15-18)20-10-9-19(44-13-4-2)14-22(20)31(34,35)36/h5-11,14-17H,3-4,12-13H2,1-2H3,(H,42,43). The molecular weight excluding hydrogens is 585 g/mol. The van der Waals surface area contributed by atoms with E-state index in [0.717, 1.165) is 12.1 Å². The molecule has 1 aromatic heterocycles. The fourth-order valence-electron chi connectivity index (χ4n) is 5.00. The molecule has 1 N–H and O–H groups in total. The summed E-state index contributed by atoms with van der Waals surface area (Å²) in [5.41, 5.74) is -2.61. The van der Waals surface area contributed by atoms with Gasteiger partial charge in [-0.2, -0.15) is 18.3 Å². The fraction of sp³-hybridized carbons (Fsp3) is 0.258. The van der Waals surface area contributed by atoms with E-state index >= 15 is 0 Å². The van der Waals surface area contributed by atoms with E-state index < -0.39 is 34.9 Å². The van der Waals surface area contributed by atoms with Gasteiger partial charge < -0.3 is 9.84 Å². The molecule has 0 aliphatic carbocycles. The molecule has 228 valence electrons. The zero-order valence-corrected chi connectivity index (χ0v) is 23.6. The van der Waals surface area contributed by atoms with Crippen molar-refractivity contribution in [1.82, 2.24) is 24.7 Å². The van der Waals surface area contributed by atoms with Crippen LogP contribution in [0.1, 0.15) is 44.2 Å². The largest absolute Gasteiger partial charge is 0.494 e. The zero-order valence-electron chi connectivity index (χ0n) is 23.6. The molecule has 0 spiro atoms. The Kier molecular flexibility index (Phi) is 8.31. The quantitative estimate of drug-likeness (QED) is 0.166. The number of aliphatic carboxylic acids is 1. The Balaban J connectivity index is 1.58. The van der Waals surface area contributed by atoms with E-state index in [-0.39, 0.29) is 58.4 Å². The first-order valence-corrected chi connectivity index (χ1v) is 13.7. The molecule has 0 bridgehead atoms. The molecule has 3 aromatic rings. The Hall–Kier alpha value is -4.94. The Morgan fingerprint density at radius 3 is 2.36 bits per heavy atom. The number of alkyl halides is 3. The molecule has 8 nitrogen and oxygen atoms in total. The Labute approximate surface area is 248 Å². The maximum absolute atomic E-state index is 14.4. The van der Waals surface area contributed by atoms with Crippen LogP contribution in [0.25, 0.3) is 34.0 Å². The van der Waals surface area contributed by atoms with Gasteiger partial charge in [0.2, 0.25) is 0 Å². The SMILES string of the molecule is CCCOc1ccc(-c2ccc(C(CCC)(C(=O)O)n3cc4nc(-c5cccc(F)c5F)nc-4cn3)cn2)c(C(F)(F)F)c1. The fourth-order valence-corrected chi connectivity index (χ4v) is 5.00. The predicted molar refractivity (Wildman–Crippen MR) is 150 cm³/mol. The van der Waals surface area contributed by atoms with Gasteiger partial charge in [-0.15, -0.1) is 0 Å². The number of halogens is 5. The van der Waals surface area contributed by atoms with Crippen LogP contribution < -0.4 is 4.74 Å². The van der Waals surface area contributed by atoms with Crippen molar-refractivity contribution in [1.29, 1.82) is 0 Å². The van der Waals surface area contributed by atoms with Crippen molar-refractivity contribution in [3.05, 3.63) is 89.9 Å². The molecule has 1 atom stereocenters. The zero-order chi connectivity index (χ0) is 31.6. The number of nitrogens with zero attached hydrogens (tertiary/aromatic N) is 5. The molecular formula is C31H26F5N5O3. The summed E-state index contributed by atoms with van der Waals surface area (Å²) in [4.78, 5) is 25.7. The van der Waals surface area contributed by atoms with Gasteiger partial charge in [0.15, 0.2) is 23.0 Å². The number of rotatable bonds is 10. The summed E-state index contributed by atoms with van der Waals surface area (Å²) in [7, 11) is 0. The lowest BCUT2D eigenvalue weighted by molar-refractivity contribution is -0.146. The number of carboxylic acids is 1. The number of carbonyl (C=O) groups is 1. The summed E-state index contributed by atoms with van der Waals surface area (Å²) >= 11 is 0. The molecule has 2 aromatic carbocycles. The van der Waals surface area contributed by atoms with Gasteiger partial charge in [-0.3, -0.25) is 4.98 Å². The minimum absolute atomic E-state index is 0.0176. The average Bonchev–Trinajstić information content (AvgIpc) is 3.43. The van der Waals surface area contributed by atoms with Crippen LogP contribution in [0.15, 0.2) is 67.1 Å². The Bertz CT molecular complexity index is 1770. The number of ether oxygens (including phenoxy) is 1. The van der Waals surface area contributed by atoms with E-state index in [4.69, 9.17) is 4.74 Å². The number of pyridine rings is 1. The first-order valence-electron chi connectivity index (χ1n) is 13.7. The van der Waals surface area contributed by atoms with Crippen molar-refractivity contribution < 1.29 is 36.6 Å². The Morgan fingerprint density at radius 2 is 1.70 bits per heavy atom. The van der Waals surface area contributed by atoms with E-state index in [9.17, 15) is 31.9 Å². The van der Waals surface area contributed by atoms with Crippen molar-refractivity contribution in [2.45, 2.75) is 44.8 Å². The third kappa shape index (κ3) is 5.56. The second-order valence-corrected chi connectivity index (χ2v) is 10.0. The van der Waals surface area contributed by atoms with E-state index in [1.54, 1.807) is 6.92 Å². The molecule has 2 aliphatic rings. The van der Waals surface area contributed by atoms with E-state index in [1.807, 2.05) is 6.92 Å². The maximum atomic E-state index is 14.4. The van der Waals surface area contributed by atoms with Gasteiger partial charge in [-0.25, -0.2) is 28.2 Å². The molecule has 44 heavy (non-hydrogen) atoms. The van der Waals surface area contributed by atoms with Crippen LogP contribution in [0.4, 0.5) is 22.0 Å². The lowest BCUT2D eigenvalue weighted by Crippen LogP contribution is -2.44. The smallest absolute Gasteiger partial charge is 0.417 e. The third-order valence-electron chi connectivity index (χ3n) is 7.10. The van der Waals surface area contributed by atoms with Crippen LogP contribution in [0, 0.1) is 11.6 Å². The minimum Gasteiger partial charge on any atom is -0.494 e. The van der Waals surface area contributed by atoms with E-state index in [2.05, 4.69) is 20.1 Å². The highest BCUT2D eigenvalue weighted by molar-refractivity contribution is 5.81. The second-order valence-electron chi connectivity index (χ2n) is 10.0. The predicted octanol–water partition coefficient (Wildman–Crippen LogP) is 7.22. The number of aromatic nitrogens is 5. The van der Waals surface area contributed by atoms with Crippen LogP contribution in [-0.2, 0) is 16.5 Å². The topological polar surface area (TPSA) is 103 Å². The molecule has 0 radical (unpaired) electrons. The summed E-state index contributed by atoms with van der Waals surface area (Å²) in [5.74, 6) is -3.53. The van der Waals surface area contributed by atoms with Gasteiger partial charge in [-0.05, 0) is 49.2 Å². The summed E-state index contributed by atoms with van der Waals surface area (Å²) in [6, 6.07) is 9.92. The van der Waals surface area contributed by atoms with Crippen LogP contribution >= 0.6 is 0 Å². The molecule has 5 rings (SSSR count). The van der Waals surface area contributed by atoms with Gasteiger partial charge >= 0.3 is 12.1 Å². The summed E-state index contributed by atoms with van der Waals surface area (Å²) in [6.45, 7) is 3.86. The molecule has 0 fully saturated rings. The van der Waals surface area contributed by atoms with Crippen molar-refractivity contribution in [3.63, 3.8) is 0 Å². The molecule has 0 amide bonds. The highest BCUT2D eigenvalue weighted by Crippen LogP contribution is 2.40. The minimum atomic E-state index is -4.70. The number of hydrogen-bond acceptors (Lipinski definition) is 6. The molecule has 0 saturated carbocycles. The van der Waals surface area contributed by atoms with E-state index in [0.29, 0.717) is 12.8 Å². The summed E-state index contributed by atoms with van der Waals surface area (Å²) in [6.07, 6.45) is 0.142. The summed E-state index contributed by atoms with van der Waals surface area (Å²) < 4.78 is 76.7. The van der Waals surface area contributed by atoms with Crippen LogP contribution in [-0.4, -0.2) is 42.4 Å². The van der Waals surface area contributed by atoms with Gasteiger partial charge in [0.25, 0.3) is 0 Å². The highest BCUT2D eigenvalue weighted by Gasteiger charge is 2.43. The lowest BCUT2D eigenvalue weighted by atomic mass is 9.86. The van der Waals surface area contributed by atoms with Crippen molar-refractivity contribution in [2.24, 2.45) is 0 Å². The van der Waals surface area contributed by atoms with Crippen molar-refractivity contribution >= 4 is 5.97 Å². The second kappa shape index (κ2) is 12.0. The van der Waals surface area contributed by atoms with Crippen LogP contribution in [0.3, 0.4) is 0 Å². The normalized spacial score (nSPS) is 13.2. The van der Waals surface area contributed by atoms with Crippen LogP contribution in [0.5, 0.6) is 5.75 Å². The molecule has 1 unspecified atom stereocenters. The van der Waals surface area contributed by atoms with Gasteiger partial charge in [-0.1, -0.05) is 32.4 Å². The average molecular weight is 612 g/mol. The first kappa shape index (κ1) is 30.5. The van der Waals surface area contributed by atoms with Gasteiger partial charge in [0.05, 0.1) is 35.8 Å².